The van der Waals surface area contributed by atoms with E-state index in [-0.39, 0.29) is 11.9 Å². The number of ether oxygens (including phenoxy) is 1. The first-order chi connectivity index (χ1) is 13.5. The second-order valence-corrected chi connectivity index (χ2v) is 6.61. The summed E-state index contributed by atoms with van der Waals surface area (Å²) in [6, 6.07) is 17.7. The number of carbonyl (C=O) groups excluding carboxylic acids is 1. The van der Waals surface area contributed by atoms with E-state index in [2.05, 4.69) is 17.2 Å². The normalized spacial score (nSPS) is 11.8. The maximum Gasteiger partial charge on any atom is 0.250 e. The number of halogens is 1. The molecule has 1 aromatic heterocycles. The molecular formula is C22H22FN3O2. The van der Waals surface area contributed by atoms with E-state index in [1.807, 2.05) is 30.3 Å². The van der Waals surface area contributed by atoms with Crippen molar-refractivity contribution in [1.29, 1.82) is 0 Å². The Labute approximate surface area is 163 Å². The molecule has 28 heavy (non-hydrogen) atoms. The van der Waals surface area contributed by atoms with Crippen LogP contribution in [0.5, 0.6) is 11.6 Å². The zero-order valence-electron chi connectivity index (χ0n) is 15.6. The highest BCUT2D eigenvalue weighted by Crippen LogP contribution is 2.20. The Kier molecular flexibility index (Phi) is 6.34. The van der Waals surface area contributed by atoms with Gasteiger partial charge in [-0.15, -0.1) is 0 Å². The van der Waals surface area contributed by atoms with E-state index in [9.17, 15) is 9.18 Å². The number of nitrogens with zero attached hydrogens (tertiary/aromatic N) is 1. The van der Waals surface area contributed by atoms with Crippen molar-refractivity contribution < 1.29 is 13.9 Å². The quantitative estimate of drug-likeness (QED) is 0.624. The van der Waals surface area contributed by atoms with E-state index in [0.717, 1.165) is 17.5 Å². The van der Waals surface area contributed by atoms with Gasteiger partial charge in [-0.3, -0.25) is 4.79 Å². The SMILES string of the molecule is CC(Cc1ccc(Oc2ccc(C(N)=O)cn2)cc1)NCc1cccc(F)c1. The number of nitrogens with two attached hydrogens (primary N) is 1. The number of amides is 1. The number of hydrogen-bond acceptors (Lipinski definition) is 4. The van der Waals surface area contributed by atoms with Crippen LogP contribution in [0.2, 0.25) is 0 Å². The minimum absolute atomic E-state index is 0.221. The van der Waals surface area contributed by atoms with Gasteiger partial charge in [-0.2, -0.15) is 0 Å². The van der Waals surface area contributed by atoms with Gasteiger partial charge in [0, 0.05) is 24.8 Å². The van der Waals surface area contributed by atoms with E-state index in [4.69, 9.17) is 10.5 Å². The van der Waals surface area contributed by atoms with Gasteiger partial charge in [-0.1, -0.05) is 24.3 Å². The van der Waals surface area contributed by atoms with Gasteiger partial charge in [0.15, 0.2) is 0 Å². The molecule has 0 aliphatic rings. The van der Waals surface area contributed by atoms with Crippen LogP contribution in [0.25, 0.3) is 0 Å². The Morgan fingerprint density at radius 3 is 2.57 bits per heavy atom. The molecule has 6 heteroatoms. The van der Waals surface area contributed by atoms with Gasteiger partial charge >= 0.3 is 0 Å². The first kappa shape index (κ1) is 19.5. The molecule has 3 aromatic rings. The van der Waals surface area contributed by atoms with Crippen molar-refractivity contribution in [2.24, 2.45) is 5.73 Å². The number of benzene rings is 2. The number of nitrogens with one attached hydrogen (secondary N) is 1. The molecule has 5 nitrogen and oxygen atoms in total. The summed E-state index contributed by atoms with van der Waals surface area (Å²) >= 11 is 0. The average Bonchev–Trinajstić information content (AvgIpc) is 2.68. The Bertz CT molecular complexity index is 927. The fourth-order valence-electron chi connectivity index (χ4n) is 2.77. The van der Waals surface area contributed by atoms with Crippen LogP contribution in [-0.2, 0) is 13.0 Å². The van der Waals surface area contributed by atoms with Crippen LogP contribution in [0.4, 0.5) is 4.39 Å². The summed E-state index contributed by atoms with van der Waals surface area (Å²) in [5.74, 6) is 0.302. The molecule has 1 amide bonds. The predicted octanol–water partition coefficient (Wildman–Crippen LogP) is 3.83. The maximum atomic E-state index is 13.2. The van der Waals surface area contributed by atoms with Gasteiger partial charge in [0.25, 0.3) is 0 Å². The standard InChI is InChI=1S/C22H22FN3O2/c1-15(25-13-17-3-2-4-19(23)12-17)11-16-5-8-20(9-6-16)28-21-10-7-18(14-26-21)22(24)27/h2-10,12,14-15,25H,11,13H2,1H3,(H2,24,27). The lowest BCUT2D eigenvalue weighted by Crippen LogP contribution is -2.27. The van der Waals surface area contributed by atoms with E-state index in [1.54, 1.807) is 18.2 Å². The van der Waals surface area contributed by atoms with Crippen LogP contribution in [0, 0.1) is 5.82 Å². The van der Waals surface area contributed by atoms with E-state index < -0.39 is 5.91 Å². The third kappa shape index (κ3) is 5.62. The fourth-order valence-corrected chi connectivity index (χ4v) is 2.77. The van der Waals surface area contributed by atoms with Crippen molar-refractivity contribution in [2.75, 3.05) is 0 Å². The summed E-state index contributed by atoms with van der Waals surface area (Å²) in [6.07, 6.45) is 2.22. The first-order valence-corrected chi connectivity index (χ1v) is 9.00. The van der Waals surface area contributed by atoms with Gasteiger partial charge in [0.05, 0.1) is 5.56 Å². The molecule has 1 unspecified atom stereocenters. The molecule has 0 fully saturated rings. The van der Waals surface area contributed by atoms with Crippen molar-refractivity contribution >= 4 is 5.91 Å². The molecular weight excluding hydrogens is 357 g/mol. The zero-order chi connectivity index (χ0) is 19.9. The molecule has 1 heterocycles. The Hall–Kier alpha value is -3.25. The van der Waals surface area contributed by atoms with Crippen LogP contribution >= 0.6 is 0 Å². The highest BCUT2D eigenvalue weighted by atomic mass is 19.1. The number of pyridine rings is 1. The van der Waals surface area contributed by atoms with Gasteiger partial charge in [-0.05, 0) is 54.8 Å². The van der Waals surface area contributed by atoms with E-state index in [0.29, 0.717) is 23.7 Å². The van der Waals surface area contributed by atoms with Crippen molar-refractivity contribution in [3.8, 4) is 11.6 Å². The topological polar surface area (TPSA) is 77.2 Å². The number of hydrogen-bond donors (Lipinski definition) is 2. The van der Waals surface area contributed by atoms with Crippen LogP contribution in [0.15, 0.2) is 66.9 Å². The lowest BCUT2D eigenvalue weighted by Gasteiger charge is -2.14. The highest BCUT2D eigenvalue weighted by Gasteiger charge is 2.06. The molecule has 3 rings (SSSR count). The minimum atomic E-state index is -0.525. The first-order valence-electron chi connectivity index (χ1n) is 9.00. The summed E-state index contributed by atoms with van der Waals surface area (Å²) in [4.78, 5) is 15.1. The summed E-state index contributed by atoms with van der Waals surface area (Å²) in [6.45, 7) is 2.71. The van der Waals surface area contributed by atoms with Gasteiger partial charge in [-0.25, -0.2) is 9.37 Å². The van der Waals surface area contributed by atoms with Crippen LogP contribution < -0.4 is 15.8 Å². The molecule has 0 bridgehead atoms. The van der Waals surface area contributed by atoms with Gasteiger partial charge < -0.3 is 15.8 Å². The average molecular weight is 379 g/mol. The predicted molar refractivity (Wildman–Crippen MR) is 106 cm³/mol. The zero-order valence-corrected chi connectivity index (χ0v) is 15.6. The number of aromatic nitrogens is 1. The maximum absolute atomic E-state index is 13.2. The van der Waals surface area contributed by atoms with Crippen LogP contribution in [-0.4, -0.2) is 16.9 Å². The van der Waals surface area contributed by atoms with Crippen molar-refractivity contribution in [3.63, 3.8) is 0 Å². The number of carbonyl (C=O) groups is 1. The molecule has 0 saturated carbocycles. The summed E-state index contributed by atoms with van der Waals surface area (Å²) < 4.78 is 18.9. The van der Waals surface area contributed by atoms with E-state index >= 15 is 0 Å². The molecule has 2 aromatic carbocycles. The lowest BCUT2D eigenvalue weighted by molar-refractivity contribution is 0.1000. The lowest BCUT2D eigenvalue weighted by atomic mass is 10.1. The largest absolute Gasteiger partial charge is 0.439 e. The molecule has 0 saturated heterocycles. The second-order valence-electron chi connectivity index (χ2n) is 6.61. The number of rotatable bonds is 8. The Balaban J connectivity index is 1.51. The third-order valence-electron chi connectivity index (χ3n) is 4.25. The fraction of sp³-hybridized carbons (Fsp3) is 0.182. The Morgan fingerprint density at radius 2 is 1.93 bits per heavy atom. The van der Waals surface area contributed by atoms with Crippen molar-refractivity contribution in [3.05, 3.63) is 89.4 Å². The molecule has 1 atom stereocenters. The molecule has 144 valence electrons. The van der Waals surface area contributed by atoms with Gasteiger partial charge in [0.1, 0.15) is 11.6 Å². The highest BCUT2D eigenvalue weighted by molar-refractivity contribution is 5.92. The van der Waals surface area contributed by atoms with Crippen molar-refractivity contribution in [1.82, 2.24) is 10.3 Å². The van der Waals surface area contributed by atoms with E-state index in [1.165, 1.54) is 18.3 Å². The van der Waals surface area contributed by atoms with Crippen LogP contribution in [0.3, 0.4) is 0 Å². The summed E-state index contributed by atoms with van der Waals surface area (Å²) in [5, 5.41) is 3.40. The second kappa shape index (κ2) is 9.10. The summed E-state index contributed by atoms with van der Waals surface area (Å²) in [5.41, 5.74) is 7.61. The molecule has 0 aliphatic carbocycles. The van der Waals surface area contributed by atoms with Crippen molar-refractivity contribution in [2.45, 2.75) is 25.9 Å². The van der Waals surface area contributed by atoms with Gasteiger partial charge in [0.2, 0.25) is 11.8 Å². The minimum Gasteiger partial charge on any atom is -0.439 e. The number of primary amides is 1. The molecule has 3 N–H and O–H groups in total. The molecule has 0 aliphatic heterocycles. The summed E-state index contributed by atoms with van der Waals surface area (Å²) in [7, 11) is 0. The smallest absolute Gasteiger partial charge is 0.250 e. The monoisotopic (exact) mass is 379 g/mol. The Morgan fingerprint density at radius 1 is 1.14 bits per heavy atom. The molecule has 0 spiro atoms. The third-order valence-corrected chi connectivity index (χ3v) is 4.25. The molecule has 0 radical (unpaired) electrons. The van der Waals surface area contributed by atoms with Crippen LogP contribution in [0.1, 0.15) is 28.4 Å².